The lowest BCUT2D eigenvalue weighted by atomic mass is 10.2. The fourth-order valence-electron chi connectivity index (χ4n) is 2.29. The number of nitrogens with two attached hydrogens (primary N) is 1. The second kappa shape index (κ2) is 6.45. The molecule has 0 saturated carbocycles. The Morgan fingerprint density at radius 1 is 1.40 bits per heavy atom. The van der Waals surface area contributed by atoms with Gasteiger partial charge in [0.1, 0.15) is 5.82 Å². The van der Waals surface area contributed by atoms with Crippen molar-refractivity contribution in [1.82, 2.24) is 4.90 Å². The Bertz CT molecular complexity index is 468. The number of carbonyl (C=O) groups is 1. The normalized spacial score (nSPS) is 22.9. The van der Waals surface area contributed by atoms with Gasteiger partial charge in [0.2, 0.25) is 5.91 Å². The first-order valence-electron chi connectivity index (χ1n) is 6.56. The number of anilines is 1. The van der Waals surface area contributed by atoms with Gasteiger partial charge in [-0.2, -0.15) is 0 Å². The summed E-state index contributed by atoms with van der Waals surface area (Å²) in [5.74, 6) is -0.0594. The zero-order valence-electron chi connectivity index (χ0n) is 11.6. The van der Waals surface area contributed by atoms with Gasteiger partial charge >= 0.3 is 0 Å². The highest BCUT2D eigenvalue weighted by Gasteiger charge is 2.25. The van der Waals surface area contributed by atoms with Gasteiger partial charge in [0.25, 0.3) is 0 Å². The third-order valence-corrected chi connectivity index (χ3v) is 3.99. The SMILES string of the molecule is CC1CN(C(=O)CSc2cc(N)cc(F)c2)CC(C)O1. The first-order valence-corrected chi connectivity index (χ1v) is 7.54. The highest BCUT2D eigenvalue weighted by Crippen LogP contribution is 2.23. The zero-order valence-corrected chi connectivity index (χ0v) is 12.5. The van der Waals surface area contributed by atoms with Crippen LogP contribution in [0, 0.1) is 5.82 Å². The van der Waals surface area contributed by atoms with Gasteiger partial charge in [-0.05, 0) is 32.0 Å². The first-order chi connectivity index (χ1) is 9.44. The zero-order chi connectivity index (χ0) is 14.7. The second-order valence-corrected chi connectivity index (χ2v) is 6.11. The maximum Gasteiger partial charge on any atom is 0.233 e. The van der Waals surface area contributed by atoms with Gasteiger partial charge < -0.3 is 15.4 Å². The summed E-state index contributed by atoms with van der Waals surface area (Å²) in [6, 6.07) is 4.32. The van der Waals surface area contributed by atoms with Crippen LogP contribution >= 0.6 is 11.8 Å². The van der Waals surface area contributed by atoms with E-state index in [1.807, 2.05) is 13.8 Å². The van der Waals surface area contributed by atoms with E-state index in [0.717, 1.165) is 0 Å². The number of amides is 1. The number of ether oxygens (including phenoxy) is 1. The van der Waals surface area contributed by atoms with Crippen molar-refractivity contribution < 1.29 is 13.9 Å². The van der Waals surface area contributed by atoms with Crippen molar-refractivity contribution in [1.29, 1.82) is 0 Å². The highest BCUT2D eigenvalue weighted by atomic mass is 32.2. The van der Waals surface area contributed by atoms with Crippen molar-refractivity contribution >= 4 is 23.4 Å². The molecule has 2 unspecified atom stereocenters. The fourth-order valence-corrected chi connectivity index (χ4v) is 3.17. The topological polar surface area (TPSA) is 55.6 Å². The molecule has 2 N–H and O–H groups in total. The molecule has 1 fully saturated rings. The molecule has 1 aromatic carbocycles. The van der Waals surface area contributed by atoms with Gasteiger partial charge in [0.05, 0.1) is 18.0 Å². The minimum atomic E-state index is -0.381. The highest BCUT2D eigenvalue weighted by molar-refractivity contribution is 8.00. The number of thioether (sulfide) groups is 1. The number of benzene rings is 1. The predicted octanol–water partition coefficient (Wildman–Crippen LogP) is 2.14. The summed E-state index contributed by atoms with van der Waals surface area (Å²) >= 11 is 1.30. The van der Waals surface area contributed by atoms with E-state index in [4.69, 9.17) is 10.5 Å². The molecule has 0 aliphatic carbocycles. The Labute approximate surface area is 122 Å². The van der Waals surface area contributed by atoms with Crippen molar-refractivity contribution in [2.75, 3.05) is 24.6 Å². The van der Waals surface area contributed by atoms with Crippen LogP contribution in [0.5, 0.6) is 0 Å². The molecule has 1 saturated heterocycles. The smallest absolute Gasteiger partial charge is 0.233 e. The lowest BCUT2D eigenvalue weighted by molar-refractivity contribution is -0.140. The van der Waals surface area contributed by atoms with E-state index in [9.17, 15) is 9.18 Å². The Kier molecular flexibility index (Phi) is 4.88. The first kappa shape index (κ1) is 15.1. The van der Waals surface area contributed by atoms with Crippen LogP contribution in [-0.4, -0.2) is 41.9 Å². The molecule has 1 aliphatic heterocycles. The predicted molar refractivity (Wildman–Crippen MR) is 78.1 cm³/mol. The molecule has 1 aromatic rings. The molecular formula is C14H19FN2O2S. The van der Waals surface area contributed by atoms with Crippen LogP contribution in [0.2, 0.25) is 0 Å². The van der Waals surface area contributed by atoms with E-state index in [0.29, 0.717) is 23.7 Å². The number of rotatable bonds is 3. The van der Waals surface area contributed by atoms with Gasteiger partial charge in [-0.3, -0.25) is 4.79 Å². The van der Waals surface area contributed by atoms with Gasteiger partial charge in [-0.1, -0.05) is 0 Å². The number of halogens is 1. The van der Waals surface area contributed by atoms with E-state index in [1.165, 1.54) is 23.9 Å². The van der Waals surface area contributed by atoms with Crippen LogP contribution in [0.3, 0.4) is 0 Å². The molecule has 0 aromatic heterocycles. The molecule has 1 aliphatic rings. The number of nitrogen functional groups attached to an aromatic ring is 1. The molecule has 6 heteroatoms. The Morgan fingerprint density at radius 2 is 2.05 bits per heavy atom. The number of hydrogen-bond acceptors (Lipinski definition) is 4. The minimum absolute atomic E-state index is 0.0415. The third-order valence-electron chi connectivity index (χ3n) is 3.03. The summed E-state index contributed by atoms with van der Waals surface area (Å²) in [5, 5.41) is 0. The van der Waals surface area contributed by atoms with Gasteiger partial charge in [-0.25, -0.2) is 4.39 Å². The maximum atomic E-state index is 13.2. The van der Waals surface area contributed by atoms with Crippen LogP contribution in [0.1, 0.15) is 13.8 Å². The Hall–Kier alpha value is -1.27. The molecule has 2 rings (SSSR count). The fraction of sp³-hybridized carbons (Fsp3) is 0.500. The minimum Gasteiger partial charge on any atom is -0.399 e. The van der Waals surface area contributed by atoms with E-state index >= 15 is 0 Å². The molecule has 110 valence electrons. The largest absolute Gasteiger partial charge is 0.399 e. The van der Waals surface area contributed by atoms with Crippen LogP contribution in [0.25, 0.3) is 0 Å². The van der Waals surface area contributed by atoms with E-state index in [1.54, 1.807) is 11.0 Å². The van der Waals surface area contributed by atoms with Crippen molar-refractivity contribution in [3.63, 3.8) is 0 Å². The summed E-state index contributed by atoms with van der Waals surface area (Å²) in [6.07, 6.45) is 0.107. The summed E-state index contributed by atoms with van der Waals surface area (Å²) in [4.78, 5) is 14.6. The third kappa shape index (κ3) is 4.11. The van der Waals surface area contributed by atoms with Crippen LogP contribution in [0.4, 0.5) is 10.1 Å². The summed E-state index contributed by atoms with van der Waals surface area (Å²) in [5.41, 5.74) is 5.95. The average molecular weight is 298 g/mol. The van der Waals surface area contributed by atoms with Crippen LogP contribution in [-0.2, 0) is 9.53 Å². The number of hydrogen-bond donors (Lipinski definition) is 1. The summed E-state index contributed by atoms with van der Waals surface area (Å²) in [6.45, 7) is 5.12. The van der Waals surface area contributed by atoms with Gasteiger partial charge in [-0.15, -0.1) is 11.8 Å². The van der Waals surface area contributed by atoms with Crippen LogP contribution in [0.15, 0.2) is 23.1 Å². The number of morpholine rings is 1. The molecule has 1 amide bonds. The average Bonchev–Trinajstić information content (AvgIpc) is 2.33. The standard InChI is InChI=1S/C14H19FN2O2S/c1-9-6-17(7-10(2)19-9)14(18)8-20-13-4-11(15)3-12(16)5-13/h3-5,9-10H,6-8,16H2,1-2H3. The molecular weight excluding hydrogens is 279 g/mol. The lowest BCUT2D eigenvalue weighted by Crippen LogP contribution is -2.48. The van der Waals surface area contributed by atoms with Crippen molar-refractivity contribution in [3.8, 4) is 0 Å². The monoisotopic (exact) mass is 298 g/mol. The molecule has 0 spiro atoms. The number of nitrogens with zero attached hydrogens (tertiary/aromatic N) is 1. The maximum absolute atomic E-state index is 13.2. The van der Waals surface area contributed by atoms with Gasteiger partial charge in [0.15, 0.2) is 0 Å². The second-order valence-electron chi connectivity index (χ2n) is 5.06. The molecule has 0 bridgehead atoms. The molecule has 0 radical (unpaired) electrons. The van der Waals surface area contributed by atoms with Crippen molar-refractivity contribution in [2.45, 2.75) is 31.0 Å². The van der Waals surface area contributed by atoms with Crippen molar-refractivity contribution in [2.24, 2.45) is 0 Å². The van der Waals surface area contributed by atoms with E-state index in [2.05, 4.69) is 0 Å². The summed E-state index contributed by atoms with van der Waals surface area (Å²) < 4.78 is 18.8. The van der Waals surface area contributed by atoms with Crippen LogP contribution < -0.4 is 5.73 Å². The Balaban J connectivity index is 1.91. The number of carbonyl (C=O) groups excluding carboxylic acids is 1. The molecule has 2 atom stereocenters. The summed E-state index contributed by atoms with van der Waals surface area (Å²) in [7, 11) is 0. The Morgan fingerprint density at radius 3 is 2.65 bits per heavy atom. The van der Waals surface area contributed by atoms with Crippen molar-refractivity contribution in [3.05, 3.63) is 24.0 Å². The van der Waals surface area contributed by atoms with E-state index < -0.39 is 0 Å². The lowest BCUT2D eigenvalue weighted by Gasteiger charge is -2.35. The van der Waals surface area contributed by atoms with Gasteiger partial charge in [0, 0.05) is 23.7 Å². The quantitative estimate of drug-likeness (QED) is 0.686. The van der Waals surface area contributed by atoms with E-state index in [-0.39, 0.29) is 29.7 Å². The molecule has 1 heterocycles. The molecule has 4 nitrogen and oxygen atoms in total. The molecule has 20 heavy (non-hydrogen) atoms.